The molecule has 7 nitrogen and oxygen atoms in total. The number of aromatic nitrogens is 2. The average molecular weight is 358 g/mol. The van der Waals surface area contributed by atoms with Gasteiger partial charge in [0, 0.05) is 22.7 Å². The number of rotatable bonds is 4. The fourth-order valence-electron chi connectivity index (χ4n) is 3.87. The van der Waals surface area contributed by atoms with E-state index in [-0.39, 0.29) is 28.9 Å². The van der Waals surface area contributed by atoms with Gasteiger partial charge in [-0.3, -0.25) is 4.79 Å². The number of carbonyl (C=O) groups is 1. The summed E-state index contributed by atoms with van der Waals surface area (Å²) in [4.78, 5) is 16.8. The first-order valence-electron chi connectivity index (χ1n) is 8.76. The standard InChI is InChI=1S/C19H26N4O3/c1-18(2)10-13(11-19(3,4)23-18)20-16(24)17-21-15(22-26-17)12-7-6-8-14(9-12)25-5/h6-9,13,23H,10-11H2,1-5H3,(H,20,24). The van der Waals surface area contributed by atoms with E-state index in [4.69, 9.17) is 9.26 Å². The molecule has 26 heavy (non-hydrogen) atoms. The van der Waals surface area contributed by atoms with Crippen molar-refractivity contribution in [1.82, 2.24) is 20.8 Å². The average Bonchev–Trinajstić information content (AvgIpc) is 3.02. The lowest BCUT2D eigenvalue weighted by Gasteiger charge is -2.46. The summed E-state index contributed by atoms with van der Waals surface area (Å²) < 4.78 is 10.4. The van der Waals surface area contributed by atoms with Crippen LogP contribution >= 0.6 is 0 Å². The maximum absolute atomic E-state index is 12.6. The summed E-state index contributed by atoms with van der Waals surface area (Å²) in [7, 11) is 1.59. The lowest BCUT2D eigenvalue weighted by Crippen LogP contribution is -2.62. The molecule has 2 aromatic rings. The van der Waals surface area contributed by atoms with Gasteiger partial charge in [0.05, 0.1) is 7.11 Å². The molecule has 0 radical (unpaired) electrons. The first-order valence-corrected chi connectivity index (χ1v) is 8.76. The van der Waals surface area contributed by atoms with E-state index in [9.17, 15) is 4.79 Å². The molecule has 0 bridgehead atoms. The topological polar surface area (TPSA) is 89.3 Å². The third-order valence-electron chi connectivity index (χ3n) is 4.47. The Bertz CT molecular complexity index is 782. The quantitative estimate of drug-likeness (QED) is 0.874. The van der Waals surface area contributed by atoms with Crippen LogP contribution in [0.1, 0.15) is 51.2 Å². The molecule has 0 atom stereocenters. The van der Waals surface area contributed by atoms with Crippen molar-refractivity contribution in [3.63, 3.8) is 0 Å². The van der Waals surface area contributed by atoms with E-state index in [1.54, 1.807) is 13.2 Å². The van der Waals surface area contributed by atoms with Crippen molar-refractivity contribution in [3.8, 4) is 17.1 Å². The Balaban J connectivity index is 1.72. The SMILES string of the molecule is COc1cccc(-c2noc(C(=O)NC3CC(C)(C)NC(C)(C)C3)n2)c1. The fourth-order valence-corrected chi connectivity index (χ4v) is 3.87. The Hall–Kier alpha value is -2.41. The second kappa shape index (κ2) is 6.72. The van der Waals surface area contributed by atoms with E-state index in [0.29, 0.717) is 11.6 Å². The minimum atomic E-state index is -0.342. The highest BCUT2D eigenvalue weighted by Crippen LogP contribution is 2.28. The Morgan fingerprint density at radius 3 is 2.62 bits per heavy atom. The van der Waals surface area contributed by atoms with Crippen molar-refractivity contribution in [2.24, 2.45) is 0 Å². The van der Waals surface area contributed by atoms with Crippen LogP contribution in [0.4, 0.5) is 0 Å². The Kier molecular flexibility index (Phi) is 4.75. The second-order valence-corrected chi connectivity index (χ2v) is 8.13. The first kappa shape index (κ1) is 18.4. The van der Waals surface area contributed by atoms with Gasteiger partial charge in [-0.1, -0.05) is 17.3 Å². The van der Waals surface area contributed by atoms with E-state index in [1.165, 1.54) is 0 Å². The largest absolute Gasteiger partial charge is 0.497 e. The number of hydrogen-bond acceptors (Lipinski definition) is 6. The van der Waals surface area contributed by atoms with E-state index >= 15 is 0 Å². The number of amides is 1. The summed E-state index contributed by atoms with van der Waals surface area (Å²) >= 11 is 0. The molecular weight excluding hydrogens is 332 g/mol. The van der Waals surface area contributed by atoms with Crippen LogP contribution in [0.25, 0.3) is 11.4 Å². The number of nitrogens with one attached hydrogen (secondary N) is 2. The lowest BCUT2D eigenvalue weighted by molar-refractivity contribution is 0.0830. The van der Waals surface area contributed by atoms with E-state index in [0.717, 1.165) is 18.4 Å². The van der Waals surface area contributed by atoms with Gasteiger partial charge in [-0.2, -0.15) is 4.98 Å². The van der Waals surface area contributed by atoms with Gasteiger partial charge in [0.1, 0.15) is 5.75 Å². The minimum absolute atomic E-state index is 0.0306. The number of piperidine rings is 1. The van der Waals surface area contributed by atoms with Gasteiger partial charge in [-0.15, -0.1) is 0 Å². The van der Waals surface area contributed by atoms with Crippen LogP contribution < -0.4 is 15.4 Å². The van der Waals surface area contributed by atoms with Gasteiger partial charge >= 0.3 is 11.8 Å². The highest BCUT2D eigenvalue weighted by molar-refractivity contribution is 5.90. The van der Waals surface area contributed by atoms with Gasteiger partial charge in [0.25, 0.3) is 0 Å². The predicted molar refractivity (Wildman–Crippen MR) is 98.1 cm³/mol. The molecule has 2 heterocycles. The molecule has 1 aliphatic rings. The maximum atomic E-state index is 12.6. The number of benzene rings is 1. The van der Waals surface area contributed by atoms with Gasteiger partial charge in [-0.25, -0.2) is 0 Å². The van der Waals surface area contributed by atoms with Crippen LogP contribution in [0, 0.1) is 0 Å². The zero-order chi connectivity index (χ0) is 18.9. The van der Waals surface area contributed by atoms with Crippen molar-refractivity contribution < 1.29 is 14.1 Å². The predicted octanol–water partition coefficient (Wildman–Crippen LogP) is 2.78. The Morgan fingerprint density at radius 1 is 1.27 bits per heavy atom. The molecule has 0 saturated carbocycles. The maximum Gasteiger partial charge on any atom is 0.316 e. The van der Waals surface area contributed by atoms with Gasteiger partial charge in [0.15, 0.2) is 0 Å². The van der Waals surface area contributed by atoms with Crippen LogP contribution in [0.5, 0.6) is 5.75 Å². The number of nitrogens with zero attached hydrogens (tertiary/aromatic N) is 2. The highest BCUT2D eigenvalue weighted by atomic mass is 16.5. The smallest absolute Gasteiger partial charge is 0.316 e. The molecule has 1 aliphatic heterocycles. The van der Waals surface area contributed by atoms with Crippen LogP contribution in [-0.4, -0.2) is 40.3 Å². The highest BCUT2D eigenvalue weighted by Gasteiger charge is 2.38. The molecule has 3 rings (SSSR count). The van der Waals surface area contributed by atoms with Crippen LogP contribution in [0.2, 0.25) is 0 Å². The van der Waals surface area contributed by atoms with Crippen molar-refractivity contribution in [2.75, 3.05) is 7.11 Å². The lowest BCUT2D eigenvalue weighted by atomic mass is 9.79. The fraction of sp³-hybridized carbons (Fsp3) is 0.526. The monoisotopic (exact) mass is 358 g/mol. The third-order valence-corrected chi connectivity index (χ3v) is 4.47. The molecule has 1 fully saturated rings. The third kappa shape index (κ3) is 4.22. The number of ether oxygens (including phenoxy) is 1. The molecule has 0 aliphatic carbocycles. The van der Waals surface area contributed by atoms with Crippen LogP contribution in [0.15, 0.2) is 28.8 Å². The van der Waals surface area contributed by atoms with Crippen molar-refractivity contribution in [3.05, 3.63) is 30.2 Å². The van der Waals surface area contributed by atoms with E-state index < -0.39 is 0 Å². The molecule has 140 valence electrons. The molecular formula is C19H26N4O3. The normalized spacial score (nSPS) is 19.1. The summed E-state index contributed by atoms with van der Waals surface area (Å²) in [6, 6.07) is 7.35. The van der Waals surface area contributed by atoms with E-state index in [2.05, 4.69) is 48.5 Å². The molecule has 0 unspecified atom stereocenters. The molecule has 0 spiro atoms. The Morgan fingerprint density at radius 2 is 1.96 bits per heavy atom. The van der Waals surface area contributed by atoms with Crippen LogP contribution in [0.3, 0.4) is 0 Å². The molecule has 1 aromatic heterocycles. The van der Waals surface area contributed by atoms with Gasteiger partial charge < -0.3 is 19.9 Å². The summed E-state index contributed by atoms with van der Waals surface area (Å²) in [6.07, 6.45) is 1.66. The number of methoxy groups -OCH3 is 1. The molecule has 1 saturated heterocycles. The molecule has 2 N–H and O–H groups in total. The summed E-state index contributed by atoms with van der Waals surface area (Å²) in [5.74, 6) is 0.680. The molecule has 7 heteroatoms. The summed E-state index contributed by atoms with van der Waals surface area (Å²) in [6.45, 7) is 8.56. The van der Waals surface area contributed by atoms with Crippen molar-refractivity contribution >= 4 is 5.91 Å². The zero-order valence-corrected chi connectivity index (χ0v) is 15.9. The molecule has 1 amide bonds. The Labute approximate surface area is 153 Å². The number of hydrogen-bond donors (Lipinski definition) is 2. The first-order chi connectivity index (χ1) is 12.2. The zero-order valence-electron chi connectivity index (χ0n) is 15.9. The van der Waals surface area contributed by atoms with Crippen LogP contribution in [-0.2, 0) is 0 Å². The number of carbonyl (C=O) groups excluding carboxylic acids is 1. The van der Waals surface area contributed by atoms with E-state index in [1.807, 2.05) is 18.2 Å². The summed E-state index contributed by atoms with van der Waals surface area (Å²) in [5, 5.41) is 10.5. The second-order valence-electron chi connectivity index (χ2n) is 8.13. The van der Waals surface area contributed by atoms with Gasteiger partial charge in [0.2, 0.25) is 5.82 Å². The van der Waals surface area contributed by atoms with Crippen molar-refractivity contribution in [2.45, 2.75) is 57.7 Å². The minimum Gasteiger partial charge on any atom is -0.497 e. The van der Waals surface area contributed by atoms with Crippen molar-refractivity contribution in [1.29, 1.82) is 0 Å². The summed E-state index contributed by atoms with van der Waals surface area (Å²) in [5.41, 5.74) is 0.622. The van der Waals surface area contributed by atoms with Gasteiger partial charge in [-0.05, 0) is 52.7 Å². The molecule has 1 aromatic carbocycles.